The van der Waals surface area contributed by atoms with Crippen molar-refractivity contribution in [3.8, 4) is 11.5 Å². The van der Waals surface area contributed by atoms with Crippen molar-refractivity contribution in [3.63, 3.8) is 0 Å². The fraction of sp³-hybridized carbons (Fsp3) is 0.172. The normalized spacial score (nSPS) is 16.8. The van der Waals surface area contributed by atoms with E-state index in [9.17, 15) is 0 Å². The second-order valence-electron chi connectivity index (χ2n) is 8.67. The predicted molar refractivity (Wildman–Crippen MR) is 143 cm³/mol. The van der Waals surface area contributed by atoms with Crippen LogP contribution in [0.1, 0.15) is 11.6 Å². The third-order valence-corrected chi connectivity index (χ3v) is 10.3. The van der Waals surface area contributed by atoms with Gasteiger partial charge in [-0.15, -0.1) is 0 Å². The molecule has 5 aromatic rings. The molecule has 0 saturated heterocycles. The van der Waals surface area contributed by atoms with Gasteiger partial charge in [0.25, 0.3) is 0 Å². The summed E-state index contributed by atoms with van der Waals surface area (Å²) >= 11 is 2.27. The van der Waals surface area contributed by atoms with Crippen molar-refractivity contribution < 1.29 is 39.1 Å². The maximum absolute atomic E-state index is 6.70. The van der Waals surface area contributed by atoms with E-state index in [1.165, 1.54) is 5.56 Å². The number of para-hydroxylation sites is 2. The number of halogens is 2. The van der Waals surface area contributed by atoms with E-state index in [1.54, 1.807) is 0 Å². The number of hydrogen-bond acceptors (Lipinski definition) is 3. The minimum atomic E-state index is -0.529. The third-order valence-electron chi connectivity index (χ3n) is 6.44. The van der Waals surface area contributed by atoms with E-state index < -0.39 is 6.29 Å². The summed E-state index contributed by atoms with van der Waals surface area (Å²) in [5.41, 5.74) is 3.45. The first kappa shape index (κ1) is 23.9. The average molecular weight is 703 g/mol. The van der Waals surface area contributed by atoms with E-state index in [2.05, 4.69) is 99.0 Å². The Balaban J connectivity index is 1.33. The van der Waals surface area contributed by atoms with Crippen LogP contribution in [0, 0.1) is 0 Å². The quantitative estimate of drug-likeness (QED) is 0.142. The van der Waals surface area contributed by atoms with Crippen molar-refractivity contribution in [3.05, 3.63) is 109 Å². The van der Waals surface area contributed by atoms with Gasteiger partial charge in [0.05, 0.1) is 0 Å². The van der Waals surface area contributed by atoms with Crippen LogP contribution in [-0.2, 0) is 11.2 Å². The number of benzene rings is 3. The monoisotopic (exact) mass is 703 g/mol. The molecule has 0 amide bonds. The Kier molecular flexibility index (Phi) is 7.20. The Labute approximate surface area is 230 Å². The molecule has 36 heavy (non-hydrogen) atoms. The van der Waals surface area contributed by atoms with Crippen molar-refractivity contribution in [2.75, 3.05) is 13.2 Å². The average Bonchev–Trinajstić information content (AvgIpc) is 2.93. The SMILES string of the molecule is I[I-][n+]1cccc2cccc(OC3Oc4cccc5ccc[n+](c45)C3COCCc3ccccc3)c21. The maximum atomic E-state index is 6.70. The molecule has 5 nitrogen and oxygen atoms in total. The van der Waals surface area contributed by atoms with Crippen LogP contribution in [0.5, 0.6) is 11.5 Å². The molecule has 0 bridgehead atoms. The standard InChI is InChI=1S/C29H25I2N2O3/c30-31-33-18-7-13-23-11-5-15-26(28(23)33)36-29-24(20-34-19-16-21-8-2-1-3-9-21)32-17-6-12-22-10-4-14-25(35-29)27(22)32/h1-15,17-18,24,29H,16,19-20H2/q+1. The summed E-state index contributed by atoms with van der Waals surface area (Å²) in [6.07, 6.45) is 4.58. The molecule has 3 heterocycles. The molecule has 0 aliphatic carbocycles. The van der Waals surface area contributed by atoms with Crippen molar-refractivity contribution in [2.24, 2.45) is 0 Å². The second kappa shape index (κ2) is 10.9. The molecule has 2 unspecified atom stereocenters. The van der Waals surface area contributed by atoms with Crippen molar-refractivity contribution in [1.29, 1.82) is 0 Å². The predicted octanol–water partition coefficient (Wildman–Crippen LogP) is 2.37. The van der Waals surface area contributed by atoms with Gasteiger partial charge in [-0.25, -0.2) is 0 Å². The zero-order chi connectivity index (χ0) is 24.3. The van der Waals surface area contributed by atoms with Crippen LogP contribution in [0.3, 0.4) is 0 Å². The van der Waals surface area contributed by atoms with E-state index in [4.69, 9.17) is 14.2 Å². The molecule has 0 saturated carbocycles. The van der Waals surface area contributed by atoms with Gasteiger partial charge in [-0.05, 0) is 0 Å². The zero-order valence-corrected chi connectivity index (χ0v) is 23.8. The van der Waals surface area contributed by atoms with E-state index in [0.29, 0.717) is 13.2 Å². The van der Waals surface area contributed by atoms with Gasteiger partial charge >= 0.3 is 214 Å². The van der Waals surface area contributed by atoms with Crippen LogP contribution >= 0.6 is 18.6 Å². The van der Waals surface area contributed by atoms with Crippen LogP contribution < -0.4 is 34.3 Å². The van der Waals surface area contributed by atoms with E-state index in [1.807, 2.05) is 30.3 Å². The fourth-order valence-corrected chi connectivity index (χ4v) is 7.79. The van der Waals surface area contributed by atoms with Crippen molar-refractivity contribution >= 4 is 40.4 Å². The van der Waals surface area contributed by atoms with E-state index in [-0.39, 0.29) is 23.5 Å². The van der Waals surface area contributed by atoms with E-state index >= 15 is 0 Å². The van der Waals surface area contributed by atoms with Crippen molar-refractivity contribution in [1.82, 2.24) is 0 Å². The van der Waals surface area contributed by atoms with Gasteiger partial charge in [0.1, 0.15) is 0 Å². The topological polar surface area (TPSA) is 35.5 Å². The first-order valence-corrected chi connectivity index (χ1v) is 19.1. The van der Waals surface area contributed by atoms with Gasteiger partial charge in [0.15, 0.2) is 0 Å². The molecule has 0 fully saturated rings. The van der Waals surface area contributed by atoms with Crippen LogP contribution in [0.4, 0.5) is 0 Å². The number of aromatic nitrogens is 2. The van der Waals surface area contributed by atoms with Gasteiger partial charge in [0.2, 0.25) is 0 Å². The molecule has 0 N–H and O–H groups in total. The summed E-state index contributed by atoms with van der Waals surface area (Å²) in [6.45, 7) is 1.12. The summed E-state index contributed by atoms with van der Waals surface area (Å²) in [5, 5.41) is 2.30. The van der Waals surface area contributed by atoms with Gasteiger partial charge in [-0.3, -0.25) is 0 Å². The van der Waals surface area contributed by atoms with Crippen LogP contribution in [-0.4, -0.2) is 19.5 Å². The molecule has 0 radical (unpaired) electrons. The summed E-state index contributed by atoms with van der Waals surface area (Å²) in [6, 6.07) is 31.1. The zero-order valence-electron chi connectivity index (χ0n) is 19.5. The summed E-state index contributed by atoms with van der Waals surface area (Å²) in [5.74, 6) is 1.66. The number of nitrogens with zero attached hydrogens (tertiary/aromatic N) is 2. The molecular weight excluding hydrogens is 678 g/mol. The molecule has 6 rings (SSSR count). The number of hydrogen-bond donors (Lipinski definition) is 0. The first-order chi connectivity index (χ1) is 17.8. The summed E-state index contributed by atoms with van der Waals surface area (Å²) in [7, 11) is 0. The molecule has 182 valence electrons. The number of ether oxygens (including phenoxy) is 3. The molecule has 2 aromatic heterocycles. The summed E-state index contributed by atoms with van der Waals surface area (Å²) in [4.78, 5) is 0. The Bertz CT molecular complexity index is 1500. The van der Waals surface area contributed by atoms with Crippen LogP contribution in [0.2, 0.25) is 0 Å². The Hall–Kier alpha value is -2.50. The summed E-state index contributed by atoms with van der Waals surface area (Å²) < 4.78 is 24.0. The van der Waals surface area contributed by atoms with Crippen molar-refractivity contribution in [2.45, 2.75) is 18.8 Å². The molecular formula is C29H25I2N2O3+. The van der Waals surface area contributed by atoms with Crippen LogP contribution in [0.15, 0.2) is 103 Å². The molecule has 1 aliphatic rings. The van der Waals surface area contributed by atoms with Gasteiger partial charge in [-0.2, -0.15) is 0 Å². The first-order valence-electron chi connectivity index (χ1n) is 11.9. The number of pyridine rings is 2. The van der Waals surface area contributed by atoms with Gasteiger partial charge < -0.3 is 0 Å². The Morgan fingerprint density at radius 1 is 0.806 bits per heavy atom. The Morgan fingerprint density at radius 3 is 2.39 bits per heavy atom. The Morgan fingerprint density at radius 2 is 1.56 bits per heavy atom. The van der Waals surface area contributed by atoms with Gasteiger partial charge in [-0.1, -0.05) is 18.2 Å². The molecule has 7 heteroatoms. The fourth-order valence-electron chi connectivity index (χ4n) is 4.74. The minimum absolute atomic E-state index is 0.138. The third kappa shape index (κ3) is 4.76. The van der Waals surface area contributed by atoms with Crippen LogP contribution in [0.25, 0.3) is 21.8 Å². The number of rotatable bonds is 8. The molecule has 1 aliphatic heterocycles. The van der Waals surface area contributed by atoms with E-state index in [0.717, 1.165) is 39.7 Å². The molecule has 3 aromatic carbocycles. The second-order valence-corrected chi connectivity index (χ2v) is 12.5. The number of fused-ring (bicyclic) bond motifs is 1. The molecule has 2 atom stereocenters. The molecule has 0 spiro atoms. The van der Waals surface area contributed by atoms with Gasteiger partial charge in [0, 0.05) is 0 Å².